The average molecular weight is 563 g/mol. The van der Waals surface area contributed by atoms with E-state index in [4.69, 9.17) is 18.6 Å². The molecule has 11 heteroatoms. The highest BCUT2D eigenvalue weighted by Gasteiger charge is 2.46. The van der Waals surface area contributed by atoms with Gasteiger partial charge in [0.15, 0.2) is 11.7 Å². The number of hydrogen-bond donors (Lipinski definition) is 1. The van der Waals surface area contributed by atoms with E-state index in [2.05, 4.69) is 11.4 Å². The second kappa shape index (κ2) is 11.0. The first-order chi connectivity index (χ1) is 19.4. The SMILES string of the molecule is Cn1c(=O)oc2ccc(-c3ccc(C[C@@H](C#N)NC(=O)[C@@H]4CN(C(=O)OC(C)(C)C)CC5(CCO5)CO4)cc3)cc21. The first-order valence-electron chi connectivity index (χ1n) is 13.6. The zero-order chi connectivity index (χ0) is 29.4. The quantitative estimate of drug-likeness (QED) is 0.501. The summed E-state index contributed by atoms with van der Waals surface area (Å²) in [5.41, 5.74) is 2.58. The second-order valence-electron chi connectivity index (χ2n) is 11.6. The van der Waals surface area contributed by atoms with Crippen molar-refractivity contribution < 1.29 is 28.2 Å². The molecule has 216 valence electrons. The molecule has 3 atom stereocenters. The molecule has 1 aromatic heterocycles. The highest BCUT2D eigenvalue weighted by Crippen LogP contribution is 2.31. The maximum absolute atomic E-state index is 13.2. The summed E-state index contributed by atoms with van der Waals surface area (Å²) in [6.07, 6.45) is -0.515. The molecule has 41 heavy (non-hydrogen) atoms. The van der Waals surface area contributed by atoms with Gasteiger partial charge in [-0.2, -0.15) is 5.26 Å². The lowest BCUT2D eigenvalue weighted by Gasteiger charge is -2.42. The Balaban J connectivity index is 1.24. The Kier molecular flexibility index (Phi) is 7.64. The van der Waals surface area contributed by atoms with Crippen molar-refractivity contribution in [2.24, 2.45) is 7.05 Å². The van der Waals surface area contributed by atoms with Gasteiger partial charge in [-0.05, 0) is 49.6 Å². The molecule has 1 N–H and O–H groups in total. The molecule has 2 aliphatic rings. The van der Waals surface area contributed by atoms with Gasteiger partial charge in [-0.3, -0.25) is 9.36 Å². The summed E-state index contributed by atoms with van der Waals surface area (Å²) in [4.78, 5) is 39.4. The van der Waals surface area contributed by atoms with Gasteiger partial charge in [-0.25, -0.2) is 9.59 Å². The van der Waals surface area contributed by atoms with Gasteiger partial charge in [0.1, 0.15) is 17.2 Å². The minimum Gasteiger partial charge on any atom is -0.444 e. The number of rotatable bonds is 5. The van der Waals surface area contributed by atoms with Crippen molar-refractivity contribution in [1.29, 1.82) is 5.26 Å². The molecule has 0 saturated carbocycles. The van der Waals surface area contributed by atoms with E-state index < -0.39 is 41.1 Å². The predicted molar refractivity (Wildman–Crippen MR) is 149 cm³/mol. The van der Waals surface area contributed by atoms with Crippen LogP contribution in [0.3, 0.4) is 0 Å². The van der Waals surface area contributed by atoms with Gasteiger partial charge in [0.05, 0.1) is 37.9 Å². The number of ether oxygens (including phenoxy) is 3. The normalized spacial score (nSPS) is 21.5. The number of hydrogen-bond acceptors (Lipinski definition) is 8. The van der Waals surface area contributed by atoms with Gasteiger partial charge in [-0.1, -0.05) is 30.3 Å². The van der Waals surface area contributed by atoms with Crippen LogP contribution in [-0.4, -0.2) is 71.1 Å². The number of nitrogens with one attached hydrogen (secondary N) is 1. The van der Waals surface area contributed by atoms with Gasteiger partial charge < -0.3 is 28.8 Å². The monoisotopic (exact) mass is 562 g/mol. The lowest BCUT2D eigenvalue weighted by atomic mass is 9.95. The number of carbonyl (C=O) groups excluding carboxylic acids is 2. The van der Waals surface area contributed by atoms with Crippen molar-refractivity contribution >= 4 is 23.1 Å². The third kappa shape index (κ3) is 6.29. The maximum atomic E-state index is 13.2. The number of nitrogens with zero attached hydrogens (tertiary/aromatic N) is 3. The van der Waals surface area contributed by atoms with Crippen molar-refractivity contribution in [3.63, 3.8) is 0 Å². The Labute approximate surface area is 237 Å². The van der Waals surface area contributed by atoms with Crippen molar-refractivity contribution in [2.45, 2.75) is 57.0 Å². The van der Waals surface area contributed by atoms with Crippen LogP contribution in [0.5, 0.6) is 0 Å². The fraction of sp³-hybridized carbons (Fsp3) is 0.467. The van der Waals surface area contributed by atoms with E-state index in [9.17, 15) is 19.6 Å². The van der Waals surface area contributed by atoms with Gasteiger partial charge in [-0.15, -0.1) is 0 Å². The number of amides is 2. The minimum absolute atomic E-state index is 0.00863. The van der Waals surface area contributed by atoms with Crippen molar-refractivity contribution in [3.05, 3.63) is 58.6 Å². The summed E-state index contributed by atoms with van der Waals surface area (Å²) in [6.45, 7) is 6.34. The number of nitriles is 1. The molecular formula is C30H34N4O7. The van der Waals surface area contributed by atoms with E-state index in [1.165, 1.54) is 9.47 Å². The van der Waals surface area contributed by atoms with Crippen LogP contribution in [0.4, 0.5) is 4.79 Å². The topological polar surface area (TPSA) is 136 Å². The van der Waals surface area contributed by atoms with Gasteiger partial charge in [0, 0.05) is 19.9 Å². The summed E-state index contributed by atoms with van der Waals surface area (Å²) in [5, 5.41) is 12.6. The van der Waals surface area contributed by atoms with Crippen molar-refractivity contribution in [1.82, 2.24) is 14.8 Å². The molecule has 0 bridgehead atoms. The van der Waals surface area contributed by atoms with E-state index in [0.29, 0.717) is 24.1 Å². The Bertz CT molecular complexity index is 1540. The molecule has 0 radical (unpaired) electrons. The summed E-state index contributed by atoms with van der Waals surface area (Å²) >= 11 is 0. The van der Waals surface area contributed by atoms with E-state index in [1.54, 1.807) is 33.9 Å². The fourth-order valence-corrected chi connectivity index (χ4v) is 4.99. The number of oxazole rings is 1. The molecule has 2 amide bonds. The summed E-state index contributed by atoms with van der Waals surface area (Å²) in [5.74, 6) is -0.892. The lowest BCUT2D eigenvalue weighted by Crippen LogP contribution is -2.55. The van der Waals surface area contributed by atoms with Gasteiger partial charge >= 0.3 is 11.8 Å². The molecule has 1 unspecified atom stereocenters. The molecule has 2 aromatic carbocycles. The van der Waals surface area contributed by atoms with Crippen LogP contribution >= 0.6 is 0 Å². The molecule has 11 nitrogen and oxygen atoms in total. The lowest BCUT2D eigenvalue weighted by molar-refractivity contribution is -0.182. The van der Waals surface area contributed by atoms with Crippen LogP contribution in [0.15, 0.2) is 51.7 Å². The average Bonchev–Trinajstić information content (AvgIpc) is 3.07. The molecule has 2 aliphatic heterocycles. The van der Waals surface area contributed by atoms with Crippen LogP contribution in [0, 0.1) is 11.3 Å². The Hall–Kier alpha value is -4.14. The molecule has 1 spiro atoms. The van der Waals surface area contributed by atoms with E-state index in [0.717, 1.165) is 16.7 Å². The summed E-state index contributed by atoms with van der Waals surface area (Å²) < 4.78 is 23.9. The molecule has 3 heterocycles. The largest absolute Gasteiger partial charge is 0.444 e. The van der Waals surface area contributed by atoms with Gasteiger partial charge in [0.2, 0.25) is 0 Å². The standard InChI is InChI=1S/C30H34N4O7/c1-29(2,3)41-28(37)34-16-25(38-18-30(17-34)11-12-39-30)26(35)32-22(15-31)13-19-5-7-20(8-6-19)21-9-10-24-23(14-21)33(4)27(36)40-24/h5-10,14,22,25H,11-13,16-18H2,1-4H3,(H,32,35)/t22-,25-,30?/m0/s1. The van der Waals surface area contributed by atoms with Crippen LogP contribution in [0.2, 0.25) is 0 Å². The third-order valence-corrected chi connectivity index (χ3v) is 7.31. The van der Waals surface area contributed by atoms with Crippen LogP contribution in [0.25, 0.3) is 22.2 Å². The zero-order valence-corrected chi connectivity index (χ0v) is 23.6. The molecule has 2 saturated heterocycles. The number of aromatic nitrogens is 1. The molecule has 3 aromatic rings. The molecule has 5 rings (SSSR count). The number of carbonyl (C=O) groups is 2. The van der Waals surface area contributed by atoms with Crippen LogP contribution in [0.1, 0.15) is 32.8 Å². The minimum atomic E-state index is -0.974. The number of aryl methyl sites for hydroxylation is 1. The Morgan fingerprint density at radius 3 is 2.54 bits per heavy atom. The van der Waals surface area contributed by atoms with Crippen LogP contribution in [-0.2, 0) is 32.5 Å². The van der Waals surface area contributed by atoms with E-state index in [-0.39, 0.29) is 26.1 Å². The van der Waals surface area contributed by atoms with Crippen molar-refractivity contribution in [3.8, 4) is 17.2 Å². The molecule has 0 aliphatic carbocycles. The Morgan fingerprint density at radius 2 is 1.90 bits per heavy atom. The highest BCUT2D eigenvalue weighted by atomic mass is 16.6. The highest BCUT2D eigenvalue weighted by molar-refractivity contribution is 5.83. The first kappa shape index (κ1) is 28.4. The number of fused-ring (bicyclic) bond motifs is 1. The maximum Gasteiger partial charge on any atom is 0.419 e. The molecular weight excluding hydrogens is 528 g/mol. The third-order valence-electron chi connectivity index (χ3n) is 7.31. The van der Waals surface area contributed by atoms with Crippen molar-refractivity contribution in [2.75, 3.05) is 26.3 Å². The summed E-state index contributed by atoms with van der Waals surface area (Å²) in [7, 11) is 1.66. The zero-order valence-electron chi connectivity index (χ0n) is 23.6. The second-order valence-corrected chi connectivity index (χ2v) is 11.6. The fourth-order valence-electron chi connectivity index (χ4n) is 4.99. The molecule has 2 fully saturated rings. The first-order valence-corrected chi connectivity index (χ1v) is 13.6. The van der Waals surface area contributed by atoms with Crippen LogP contribution < -0.4 is 11.1 Å². The Morgan fingerprint density at radius 1 is 1.20 bits per heavy atom. The summed E-state index contributed by atoms with van der Waals surface area (Å²) in [6, 6.07) is 14.5. The van der Waals surface area contributed by atoms with E-state index in [1.807, 2.05) is 36.4 Å². The smallest absolute Gasteiger partial charge is 0.419 e. The predicted octanol–water partition coefficient (Wildman–Crippen LogP) is 3.14. The van der Waals surface area contributed by atoms with E-state index >= 15 is 0 Å². The van der Waals surface area contributed by atoms with Gasteiger partial charge in [0.25, 0.3) is 5.91 Å². The number of benzene rings is 2.